The third kappa shape index (κ3) is 5.50. The fourth-order valence-corrected chi connectivity index (χ4v) is 1.71. The second-order valence-corrected chi connectivity index (χ2v) is 6.13. The van der Waals surface area contributed by atoms with Gasteiger partial charge in [0.05, 0.1) is 0 Å². The van der Waals surface area contributed by atoms with Crippen molar-refractivity contribution in [2.75, 3.05) is 6.54 Å². The summed E-state index contributed by atoms with van der Waals surface area (Å²) in [5.74, 6) is 0. The van der Waals surface area contributed by atoms with Crippen molar-refractivity contribution in [2.24, 2.45) is 5.41 Å². The SMILES string of the molecule is CC(NC(=S)NCCc1ccccc1)C(C)(C)C. The largest absolute Gasteiger partial charge is 0.362 e. The maximum absolute atomic E-state index is 5.29. The van der Waals surface area contributed by atoms with E-state index in [1.54, 1.807) is 0 Å². The van der Waals surface area contributed by atoms with Gasteiger partial charge in [-0.3, -0.25) is 0 Å². The molecule has 0 aliphatic rings. The Bertz CT molecular complexity index is 368. The molecule has 0 amide bonds. The standard InChI is InChI=1S/C15H24N2S/c1-12(15(2,3)4)17-14(18)16-11-10-13-8-6-5-7-9-13/h5-9,12H,10-11H2,1-4H3,(H2,16,17,18). The molecule has 100 valence electrons. The Morgan fingerprint density at radius 2 is 1.83 bits per heavy atom. The Morgan fingerprint density at radius 3 is 2.39 bits per heavy atom. The number of rotatable bonds is 4. The number of thiocarbonyl (C=S) groups is 1. The van der Waals surface area contributed by atoms with Crippen LogP contribution in [0.15, 0.2) is 30.3 Å². The molecule has 1 aromatic rings. The van der Waals surface area contributed by atoms with Gasteiger partial charge >= 0.3 is 0 Å². The van der Waals surface area contributed by atoms with E-state index in [0.29, 0.717) is 6.04 Å². The highest BCUT2D eigenvalue weighted by Crippen LogP contribution is 2.18. The molecule has 2 nitrogen and oxygen atoms in total. The third-order valence-corrected chi connectivity index (χ3v) is 3.45. The van der Waals surface area contributed by atoms with Crippen LogP contribution >= 0.6 is 12.2 Å². The van der Waals surface area contributed by atoms with E-state index in [-0.39, 0.29) is 5.41 Å². The molecule has 0 aromatic heterocycles. The number of benzene rings is 1. The minimum Gasteiger partial charge on any atom is -0.362 e. The molecule has 0 radical (unpaired) electrons. The molecule has 3 heteroatoms. The number of hydrogen-bond acceptors (Lipinski definition) is 1. The van der Waals surface area contributed by atoms with Crippen LogP contribution in [-0.2, 0) is 6.42 Å². The molecule has 0 aliphatic heterocycles. The van der Waals surface area contributed by atoms with Gasteiger partial charge in [0.25, 0.3) is 0 Å². The Kier molecular flexibility index (Phi) is 5.60. The molecular formula is C15H24N2S. The summed E-state index contributed by atoms with van der Waals surface area (Å²) < 4.78 is 0. The summed E-state index contributed by atoms with van der Waals surface area (Å²) >= 11 is 5.29. The molecule has 0 bridgehead atoms. The molecule has 1 rings (SSSR count). The van der Waals surface area contributed by atoms with E-state index < -0.39 is 0 Å². The van der Waals surface area contributed by atoms with Crippen LogP contribution in [-0.4, -0.2) is 17.7 Å². The molecule has 1 atom stereocenters. The summed E-state index contributed by atoms with van der Waals surface area (Å²) in [6.07, 6.45) is 0.993. The first-order valence-electron chi connectivity index (χ1n) is 6.48. The lowest BCUT2D eigenvalue weighted by Crippen LogP contribution is -2.46. The zero-order chi connectivity index (χ0) is 13.6. The Hall–Kier alpha value is -1.09. The van der Waals surface area contributed by atoms with Gasteiger partial charge in [0, 0.05) is 12.6 Å². The number of hydrogen-bond donors (Lipinski definition) is 2. The van der Waals surface area contributed by atoms with Crippen molar-refractivity contribution >= 4 is 17.3 Å². The van der Waals surface area contributed by atoms with E-state index >= 15 is 0 Å². The maximum Gasteiger partial charge on any atom is 0.166 e. The van der Waals surface area contributed by atoms with Gasteiger partial charge < -0.3 is 10.6 Å². The normalized spacial score (nSPS) is 12.9. The van der Waals surface area contributed by atoms with Gasteiger partial charge in [-0.15, -0.1) is 0 Å². The molecule has 0 saturated carbocycles. The van der Waals surface area contributed by atoms with Crippen molar-refractivity contribution in [1.29, 1.82) is 0 Å². The Labute approximate surface area is 116 Å². The molecule has 2 N–H and O–H groups in total. The zero-order valence-electron chi connectivity index (χ0n) is 11.8. The summed E-state index contributed by atoms with van der Waals surface area (Å²) in [6.45, 7) is 9.64. The minimum absolute atomic E-state index is 0.213. The van der Waals surface area contributed by atoms with Gasteiger partial charge in [0.2, 0.25) is 0 Å². The van der Waals surface area contributed by atoms with Crippen LogP contribution in [0.5, 0.6) is 0 Å². The second-order valence-electron chi connectivity index (χ2n) is 5.72. The summed E-state index contributed by atoms with van der Waals surface area (Å²) in [7, 11) is 0. The van der Waals surface area contributed by atoms with Crippen LogP contribution in [0.1, 0.15) is 33.3 Å². The monoisotopic (exact) mass is 264 g/mol. The summed E-state index contributed by atoms with van der Waals surface area (Å²) in [5.41, 5.74) is 1.54. The molecule has 0 saturated heterocycles. The van der Waals surface area contributed by atoms with Gasteiger partial charge in [-0.2, -0.15) is 0 Å². The predicted octanol–water partition coefficient (Wildman–Crippen LogP) is 3.13. The first kappa shape index (κ1) is 15.0. The Balaban J connectivity index is 2.26. The lowest BCUT2D eigenvalue weighted by Gasteiger charge is -2.29. The minimum atomic E-state index is 0.213. The Morgan fingerprint density at radius 1 is 1.22 bits per heavy atom. The number of nitrogens with one attached hydrogen (secondary N) is 2. The summed E-state index contributed by atoms with van der Waals surface area (Å²) in [4.78, 5) is 0. The van der Waals surface area contributed by atoms with Gasteiger partial charge in [0.1, 0.15) is 0 Å². The van der Waals surface area contributed by atoms with Crippen molar-refractivity contribution in [3.8, 4) is 0 Å². The van der Waals surface area contributed by atoms with Gasteiger partial charge in [-0.05, 0) is 36.5 Å². The average Bonchev–Trinajstić information content (AvgIpc) is 2.29. The first-order chi connectivity index (χ1) is 8.39. The predicted molar refractivity (Wildman–Crippen MR) is 82.8 cm³/mol. The average molecular weight is 264 g/mol. The van der Waals surface area contributed by atoms with Crippen molar-refractivity contribution in [3.05, 3.63) is 35.9 Å². The fourth-order valence-electron chi connectivity index (χ4n) is 1.43. The smallest absolute Gasteiger partial charge is 0.166 e. The van der Waals surface area contributed by atoms with E-state index in [1.165, 1.54) is 5.56 Å². The topological polar surface area (TPSA) is 24.1 Å². The van der Waals surface area contributed by atoms with Crippen LogP contribution in [0.2, 0.25) is 0 Å². The molecule has 0 aliphatic carbocycles. The molecule has 1 aromatic carbocycles. The first-order valence-corrected chi connectivity index (χ1v) is 6.88. The molecule has 1 unspecified atom stereocenters. The maximum atomic E-state index is 5.29. The quantitative estimate of drug-likeness (QED) is 0.817. The lowest BCUT2D eigenvalue weighted by atomic mass is 9.88. The molecule has 0 spiro atoms. The highest BCUT2D eigenvalue weighted by Gasteiger charge is 2.20. The summed E-state index contributed by atoms with van der Waals surface area (Å²) in [5, 5.41) is 7.32. The van der Waals surface area contributed by atoms with E-state index in [0.717, 1.165) is 18.1 Å². The van der Waals surface area contributed by atoms with E-state index in [2.05, 4.69) is 62.6 Å². The molecule has 0 heterocycles. The lowest BCUT2D eigenvalue weighted by molar-refractivity contribution is 0.315. The van der Waals surface area contributed by atoms with Crippen molar-refractivity contribution in [1.82, 2.24) is 10.6 Å². The van der Waals surface area contributed by atoms with Crippen LogP contribution in [0.25, 0.3) is 0 Å². The highest BCUT2D eigenvalue weighted by molar-refractivity contribution is 7.80. The van der Waals surface area contributed by atoms with E-state index in [4.69, 9.17) is 12.2 Å². The van der Waals surface area contributed by atoms with E-state index in [1.807, 2.05) is 6.07 Å². The second kappa shape index (κ2) is 6.74. The van der Waals surface area contributed by atoms with Gasteiger partial charge in [-0.1, -0.05) is 51.1 Å². The molecular weight excluding hydrogens is 240 g/mol. The van der Waals surface area contributed by atoms with Gasteiger partial charge in [-0.25, -0.2) is 0 Å². The van der Waals surface area contributed by atoms with Crippen molar-refractivity contribution in [2.45, 2.75) is 40.2 Å². The highest BCUT2D eigenvalue weighted by atomic mass is 32.1. The molecule has 18 heavy (non-hydrogen) atoms. The van der Waals surface area contributed by atoms with Crippen molar-refractivity contribution < 1.29 is 0 Å². The summed E-state index contributed by atoms with van der Waals surface area (Å²) in [6, 6.07) is 10.8. The van der Waals surface area contributed by atoms with Crippen LogP contribution < -0.4 is 10.6 Å². The fraction of sp³-hybridized carbons (Fsp3) is 0.533. The van der Waals surface area contributed by atoms with Crippen LogP contribution in [0.3, 0.4) is 0 Å². The third-order valence-electron chi connectivity index (χ3n) is 3.19. The molecule has 0 fully saturated rings. The van der Waals surface area contributed by atoms with Crippen molar-refractivity contribution in [3.63, 3.8) is 0 Å². The van der Waals surface area contributed by atoms with Gasteiger partial charge in [0.15, 0.2) is 5.11 Å². The van der Waals surface area contributed by atoms with Crippen LogP contribution in [0.4, 0.5) is 0 Å². The van der Waals surface area contributed by atoms with Crippen LogP contribution in [0, 0.1) is 5.41 Å². The zero-order valence-corrected chi connectivity index (χ0v) is 12.6. The van der Waals surface area contributed by atoms with E-state index in [9.17, 15) is 0 Å².